The van der Waals surface area contributed by atoms with Crippen molar-refractivity contribution in [3.05, 3.63) is 335 Å². The van der Waals surface area contributed by atoms with Gasteiger partial charge >= 0.3 is 85.3 Å². The van der Waals surface area contributed by atoms with E-state index in [-0.39, 0.29) is 132 Å². The topological polar surface area (TPSA) is 371 Å². The van der Waals surface area contributed by atoms with Crippen LogP contribution in [0.2, 0.25) is 0 Å². The van der Waals surface area contributed by atoms with Crippen molar-refractivity contribution in [3.63, 3.8) is 0 Å². The summed E-state index contributed by atoms with van der Waals surface area (Å²) in [7, 11) is 1.00. The van der Waals surface area contributed by atoms with Crippen LogP contribution >= 0.6 is 69.6 Å². The zero-order valence-corrected chi connectivity index (χ0v) is 69.8. The zero-order valence-electron chi connectivity index (χ0n) is 59.0. The Kier molecular flexibility index (Phi) is 53.5. The second kappa shape index (κ2) is 59.4. The van der Waals surface area contributed by atoms with Crippen molar-refractivity contribution in [1.29, 1.82) is 0 Å². The number of hydrogen-bond acceptors (Lipinski definition) is 17. The molecule has 3 N–H and O–H groups in total. The van der Waals surface area contributed by atoms with Crippen molar-refractivity contribution >= 4 is 207 Å². The smallest absolute Gasteiger partial charge is 1.00 e. The Labute approximate surface area is 758 Å². The summed E-state index contributed by atoms with van der Waals surface area (Å²) in [5, 5.41) is 46.5. The molecule has 0 saturated carbocycles. The van der Waals surface area contributed by atoms with Crippen LogP contribution in [0.25, 0.3) is 86.7 Å². The van der Waals surface area contributed by atoms with Crippen molar-refractivity contribution in [2.75, 3.05) is 23.1 Å². The fourth-order valence-corrected chi connectivity index (χ4v) is 8.71. The molecule has 0 unspecified atom stereocenters. The van der Waals surface area contributed by atoms with Gasteiger partial charge in [-0.25, -0.2) is 0 Å². The average molecular weight is 1940 g/mol. The van der Waals surface area contributed by atoms with Gasteiger partial charge in [-0.15, -0.1) is 69.6 Å². The van der Waals surface area contributed by atoms with Gasteiger partial charge in [0.2, 0.25) is 0 Å². The molecule has 0 bridgehead atoms. The average Bonchev–Trinajstić information content (AvgIpc) is 0.837. The van der Waals surface area contributed by atoms with Crippen LogP contribution in [0, 0.1) is 0 Å². The molecule has 0 aliphatic heterocycles. The summed E-state index contributed by atoms with van der Waals surface area (Å²) in [6, 6.07) is 74.6. The van der Waals surface area contributed by atoms with E-state index in [9.17, 15) is 0 Å². The number of aromatic nitrogens is 16. The molecule has 16 aromatic rings. The van der Waals surface area contributed by atoms with Crippen molar-refractivity contribution in [3.8, 4) is 0 Å². The molecule has 0 amide bonds. The molecule has 16 aromatic heterocycles. The number of aliphatic hydroxyl groups is 1. The van der Waals surface area contributed by atoms with Gasteiger partial charge in [-0.05, 0) is 168 Å². The minimum absolute atomic E-state index is 0. The molecule has 0 aromatic carbocycles. The van der Waals surface area contributed by atoms with Gasteiger partial charge in [0.15, 0.2) is 0 Å². The van der Waals surface area contributed by atoms with Crippen LogP contribution in [-0.4, -0.2) is 113 Å². The predicted octanol–water partition coefficient (Wildman–Crippen LogP) is 17.4. The quantitative estimate of drug-likeness (QED) is 0.0693. The molecule has 16 rings (SSSR count). The molecule has 16 heterocycles. The molecule has 5 radical (unpaired) electrons. The number of hydrogen-bond donors (Lipinski definition) is 1. The summed E-state index contributed by atoms with van der Waals surface area (Å²) in [4.78, 5) is 69.2. The maximum absolute atomic E-state index is 7.00. The molecule has 26 nitrogen and oxygen atoms in total. The Morgan fingerprint density at radius 2 is 0.313 bits per heavy atom. The largest absolute Gasteiger partial charge is 2.00 e. The minimum Gasteiger partial charge on any atom is -1.00 e. The second-order valence-electron chi connectivity index (χ2n) is 20.2. The van der Waals surface area contributed by atoms with Crippen molar-refractivity contribution in [2.24, 2.45) is 0 Å². The minimum atomic E-state index is 0. The molecule has 115 heavy (non-hydrogen) atoms. The van der Waals surface area contributed by atoms with E-state index in [0.717, 1.165) is 28.7 Å². The van der Waals surface area contributed by atoms with E-state index in [1.165, 1.54) is 0 Å². The van der Waals surface area contributed by atoms with Gasteiger partial charge in [0.25, 0.3) is 0 Å². The number of alkyl halides is 6. The fourth-order valence-electron chi connectivity index (χ4n) is 8.71. The number of aliphatic hydroxyl groups excluding tert-OH is 1. The van der Waals surface area contributed by atoms with Gasteiger partial charge in [-0.2, -0.15) is 0 Å². The maximum Gasteiger partial charge on any atom is 2.00 e. The third kappa shape index (κ3) is 36.2. The Balaban J connectivity index is 0.000000718. The first-order chi connectivity index (χ1) is 52.7. The number of fused-ring (bicyclic) bond motifs is 4. The summed E-state index contributed by atoms with van der Waals surface area (Å²) >= 11 is 28.6. The van der Waals surface area contributed by atoms with Gasteiger partial charge < -0.3 is 158 Å². The van der Waals surface area contributed by atoms with Gasteiger partial charge in [0.05, 0.1) is 16.0 Å². The standard InChI is InChI=1S/4C18H12N6.3CH2Cl2.CH4O.2ClH.5Cu.H2O/c4*1-3-11-19-14(5-1)21-16-9-7-13-8-10-17(24-18(13)23-16)22-15-6-2-4-12-20-15;3*2-1-3;1-2;;;;;;;;/h4*1-12H;3*1H2;2H,1H3;2*1H;;;;;;1H2/q4*-2;;;;;;;5*+2;/p-2. The monoisotopic (exact) mass is 1930 g/mol. The van der Waals surface area contributed by atoms with Crippen molar-refractivity contribution in [1.82, 2.24) is 79.7 Å². The maximum atomic E-state index is 7.00. The van der Waals surface area contributed by atoms with Gasteiger partial charge in [-0.3, -0.25) is 0 Å². The van der Waals surface area contributed by atoms with Crippen molar-refractivity contribution in [2.45, 2.75) is 0 Å². The van der Waals surface area contributed by atoms with Crippen LogP contribution in [0.3, 0.4) is 0 Å². The van der Waals surface area contributed by atoms with Crippen LogP contribution < -0.4 is 24.8 Å². The molecule has 39 heteroatoms. The van der Waals surface area contributed by atoms with E-state index in [1.807, 2.05) is 243 Å². The molecule has 0 aliphatic carbocycles. The SMILES string of the molecule is CO.ClCCl.ClCCl.ClCCl.O.[Cl-].[Cl-].[Cu+2].[Cu+2].[Cu+2].[Cu+2].[Cu+2].c1ccc([N-]c2ccc3ccc([N-]c4ccccn4)nc3n2)nc1.c1ccc([N-]c2ccc3ccc([N-]c4ccccn4)nc3n2)nc1.c1ccc([N-]c2ccc3ccc([N-]c4ccccn4)nc3n2)nc1.c1ccc([N-]c2ccc3ccc([N-]c4ccccn4)nc3n2)nc1. The number of rotatable bonds is 16. The molecular formula is C76H60Cl8Cu5N24O2. The predicted molar refractivity (Wildman–Crippen MR) is 435 cm³/mol. The van der Waals surface area contributed by atoms with E-state index in [4.69, 9.17) is 74.7 Å². The van der Waals surface area contributed by atoms with Crippen LogP contribution in [0.4, 0.5) is 93.1 Å². The number of halogens is 8. The van der Waals surface area contributed by atoms with E-state index in [0.29, 0.717) is 116 Å². The molecule has 0 fully saturated rings. The molecule has 0 atom stereocenters. The van der Waals surface area contributed by atoms with Crippen LogP contribution in [0.15, 0.2) is 292 Å². The van der Waals surface area contributed by atoms with E-state index in [2.05, 4.69) is 122 Å². The fraction of sp³-hybridized carbons (Fsp3) is 0.0526. The molecule has 0 aliphatic rings. The van der Waals surface area contributed by atoms with Gasteiger partial charge in [-0.1, -0.05) is 146 Å². The molecule has 0 saturated heterocycles. The summed E-state index contributed by atoms with van der Waals surface area (Å²) in [6.45, 7) is 0. The van der Waals surface area contributed by atoms with E-state index in [1.54, 1.807) is 49.6 Å². The summed E-state index contributed by atoms with van der Waals surface area (Å²) in [5.41, 5.74) is 2.35. The number of nitrogens with zero attached hydrogens (tertiary/aromatic N) is 24. The normalized spacial score (nSPS) is 9.29. The third-order valence-corrected chi connectivity index (χ3v) is 13.1. The first-order valence-corrected chi connectivity index (χ1v) is 34.9. The van der Waals surface area contributed by atoms with E-state index < -0.39 is 0 Å². The van der Waals surface area contributed by atoms with Crippen LogP contribution in [-0.2, 0) is 85.3 Å². The second-order valence-corrected chi connectivity index (χ2v) is 22.7. The number of pyridine rings is 16. The Hall–Kier alpha value is -9.32. The van der Waals surface area contributed by atoms with E-state index >= 15 is 0 Å². The first kappa shape index (κ1) is 104. The third-order valence-electron chi connectivity index (χ3n) is 13.1. The van der Waals surface area contributed by atoms with Gasteiger partial charge in [0.1, 0.15) is 0 Å². The molecule has 607 valence electrons. The summed E-state index contributed by atoms with van der Waals surface area (Å²) < 4.78 is 0. The molecular weight excluding hydrogens is 1880 g/mol. The summed E-state index contributed by atoms with van der Waals surface area (Å²) in [5.74, 6) is 9.35. The van der Waals surface area contributed by atoms with Crippen LogP contribution in [0.5, 0.6) is 0 Å². The summed E-state index contributed by atoms with van der Waals surface area (Å²) in [6.07, 6.45) is 13.6. The van der Waals surface area contributed by atoms with Crippen LogP contribution in [0.1, 0.15) is 0 Å². The zero-order chi connectivity index (χ0) is 74.9. The van der Waals surface area contributed by atoms with Crippen molar-refractivity contribution < 1.29 is 121 Å². The Morgan fingerprint density at radius 3 is 0.409 bits per heavy atom. The Bertz CT molecular complexity index is 4310. The Morgan fingerprint density at radius 1 is 0.200 bits per heavy atom. The first-order valence-electron chi connectivity index (χ1n) is 31.7. The molecule has 0 spiro atoms. The van der Waals surface area contributed by atoms with Gasteiger partial charge in [0, 0.05) is 123 Å².